The molecule has 10 nitrogen and oxygen atoms in total. The highest BCUT2D eigenvalue weighted by Gasteiger charge is 2.35. The van der Waals surface area contributed by atoms with E-state index in [-0.39, 0.29) is 30.2 Å². The maximum atomic E-state index is 15.0. The smallest absolute Gasteiger partial charge is 0.363 e. The number of rotatable bonds is 9. The molecule has 1 atom stereocenters. The van der Waals surface area contributed by atoms with E-state index in [0.717, 1.165) is 32.9 Å². The van der Waals surface area contributed by atoms with Gasteiger partial charge in [0.05, 0.1) is 23.6 Å². The normalized spacial score (nSPS) is 14.7. The molecule has 1 saturated heterocycles. The Kier molecular flexibility index (Phi) is 9.82. The highest BCUT2D eigenvalue weighted by Crippen LogP contribution is 2.34. The van der Waals surface area contributed by atoms with Gasteiger partial charge in [-0.3, -0.25) is 28.9 Å². The minimum absolute atomic E-state index is 0.0390. The maximum Gasteiger partial charge on any atom is 0.416 e. The summed E-state index contributed by atoms with van der Waals surface area (Å²) in [4.78, 5) is 42.3. The van der Waals surface area contributed by atoms with Gasteiger partial charge in [0.15, 0.2) is 0 Å². The summed E-state index contributed by atoms with van der Waals surface area (Å²) in [6.45, 7) is 3.58. The molecular formula is C33H33F5N6O4. The Morgan fingerprint density at radius 3 is 2.25 bits per heavy atom. The predicted octanol–water partition coefficient (Wildman–Crippen LogP) is 4.90. The average Bonchev–Trinajstić information content (AvgIpc) is 3.02. The SMILES string of the molecule is Cc1cc(F)cc([C@H](N)Cn2c(=O)c(N3CCN(Cc4cccc([N+](=O)[O-])c4)CC3)c(C)n(Cc3c(F)cccc3C(F)(F)F)c2=O)c1. The number of hydrogen-bond acceptors (Lipinski definition) is 7. The van der Waals surface area contributed by atoms with Crippen LogP contribution < -0.4 is 21.9 Å². The third-order valence-corrected chi connectivity index (χ3v) is 8.49. The lowest BCUT2D eigenvalue weighted by Gasteiger charge is -2.37. The average molecular weight is 673 g/mol. The summed E-state index contributed by atoms with van der Waals surface area (Å²) >= 11 is 0. The van der Waals surface area contributed by atoms with E-state index in [9.17, 15) is 41.7 Å². The van der Waals surface area contributed by atoms with Gasteiger partial charge in [-0.1, -0.05) is 24.3 Å². The van der Waals surface area contributed by atoms with E-state index in [1.54, 1.807) is 30.0 Å². The Morgan fingerprint density at radius 1 is 0.917 bits per heavy atom. The van der Waals surface area contributed by atoms with Crippen molar-refractivity contribution in [1.29, 1.82) is 0 Å². The third-order valence-electron chi connectivity index (χ3n) is 8.49. The fourth-order valence-electron chi connectivity index (χ4n) is 6.08. The number of benzene rings is 3. The van der Waals surface area contributed by atoms with Gasteiger partial charge in [0.25, 0.3) is 11.2 Å². The number of nitro benzene ring substituents is 1. The second kappa shape index (κ2) is 13.7. The van der Waals surface area contributed by atoms with Crippen molar-refractivity contribution < 1.29 is 26.9 Å². The number of nitro groups is 1. The van der Waals surface area contributed by atoms with Crippen LogP contribution in [0, 0.1) is 35.6 Å². The van der Waals surface area contributed by atoms with Crippen LogP contribution in [0.5, 0.6) is 0 Å². The number of nitrogens with zero attached hydrogens (tertiary/aromatic N) is 5. The number of nitrogens with two attached hydrogens (primary N) is 1. The first-order chi connectivity index (χ1) is 22.6. The minimum atomic E-state index is -4.92. The molecule has 0 saturated carbocycles. The highest BCUT2D eigenvalue weighted by atomic mass is 19.4. The number of non-ortho nitro benzene ring substituents is 1. The molecule has 48 heavy (non-hydrogen) atoms. The lowest BCUT2D eigenvalue weighted by Crippen LogP contribution is -2.51. The van der Waals surface area contributed by atoms with Crippen molar-refractivity contribution in [2.45, 2.75) is 45.7 Å². The molecule has 0 radical (unpaired) electrons. The Bertz CT molecular complexity index is 1950. The van der Waals surface area contributed by atoms with E-state index < -0.39 is 64.2 Å². The first-order valence-electron chi connectivity index (χ1n) is 15.1. The maximum absolute atomic E-state index is 15.0. The molecule has 5 rings (SSSR count). The summed E-state index contributed by atoms with van der Waals surface area (Å²) < 4.78 is 72.7. The second-order valence-electron chi connectivity index (χ2n) is 11.8. The first kappa shape index (κ1) is 34.4. The predicted molar refractivity (Wildman–Crippen MR) is 169 cm³/mol. The van der Waals surface area contributed by atoms with Crippen LogP contribution in [0.1, 0.15) is 39.6 Å². The molecule has 0 unspecified atom stereocenters. The van der Waals surface area contributed by atoms with Gasteiger partial charge in [-0.25, -0.2) is 13.6 Å². The summed E-state index contributed by atoms with van der Waals surface area (Å²) in [5, 5.41) is 11.2. The number of anilines is 1. The van der Waals surface area contributed by atoms with Gasteiger partial charge in [0, 0.05) is 62.2 Å². The molecule has 0 amide bonds. The number of hydrogen-bond donors (Lipinski definition) is 1. The molecule has 2 N–H and O–H groups in total. The van der Waals surface area contributed by atoms with Gasteiger partial charge in [0.2, 0.25) is 0 Å². The fourth-order valence-corrected chi connectivity index (χ4v) is 6.08. The summed E-state index contributed by atoms with van der Waals surface area (Å²) in [6.07, 6.45) is -4.92. The van der Waals surface area contributed by atoms with Crippen molar-refractivity contribution in [1.82, 2.24) is 14.0 Å². The quantitative estimate of drug-likeness (QED) is 0.153. The number of aromatic nitrogens is 2. The van der Waals surface area contributed by atoms with Crippen molar-refractivity contribution in [3.8, 4) is 0 Å². The van der Waals surface area contributed by atoms with E-state index in [4.69, 9.17) is 5.73 Å². The zero-order valence-electron chi connectivity index (χ0n) is 26.1. The van der Waals surface area contributed by atoms with Gasteiger partial charge in [-0.2, -0.15) is 13.2 Å². The van der Waals surface area contributed by atoms with Crippen LogP contribution >= 0.6 is 0 Å². The van der Waals surface area contributed by atoms with E-state index in [1.165, 1.54) is 31.2 Å². The number of halogens is 5. The Hall–Kier alpha value is -4.89. The minimum Gasteiger partial charge on any atom is -0.363 e. The van der Waals surface area contributed by atoms with Gasteiger partial charge >= 0.3 is 11.9 Å². The molecule has 0 bridgehead atoms. The highest BCUT2D eigenvalue weighted by molar-refractivity contribution is 5.50. The molecule has 254 valence electrons. The van der Waals surface area contributed by atoms with E-state index >= 15 is 0 Å². The van der Waals surface area contributed by atoms with Crippen LogP contribution in [0.25, 0.3) is 0 Å². The molecule has 1 aromatic heterocycles. The Morgan fingerprint density at radius 2 is 1.60 bits per heavy atom. The zero-order chi connectivity index (χ0) is 34.9. The number of alkyl halides is 3. The van der Waals surface area contributed by atoms with Crippen molar-refractivity contribution in [3.05, 3.63) is 137 Å². The van der Waals surface area contributed by atoms with Crippen molar-refractivity contribution in [2.24, 2.45) is 5.73 Å². The van der Waals surface area contributed by atoms with Crippen LogP contribution in [0.2, 0.25) is 0 Å². The van der Waals surface area contributed by atoms with Crippen molar-refractivity contribution in [3.63, 3.8) is 0 Å². The van der Waals surface area contributed by atoms with Crippen LogP contribution in [0.4, 0.5) is 33.3 Å². The Balaban J connectivity index is 1.53. The van der Waals surface area contributed by atoms with Crippen LogP contribution in [0.3, 0.4) is 0 Å². The number of piperazine rings is 1. The molecular weight excluding hydrogens is 639 g/mol. The van der Waals surface area contributed by atoms with Crippen molar-refractivity contribution in [2.75, 3.05) is 31.1 Å². The molecule has 1 fully saturated rings. The van der Waals surface area contributed by atoms with Gasteiger partial charge in [-0.15, -0.1) is 0 Å². The summed E-state index contributed by atoms with van der Waals surface area (Å²) in [5.41, 5.74) is 4.21. The van der Waals surface area contributed by atoms with Crippen LogP contribution in [0.15, 0.2) is 70.3 Å². The first-order valence-corrected chi connectivity index (χ1v) is 15.1. The van der Waals surface area contributed by atoms with E-state index in [1.807, 2.05) is 4.90 Å². The summed E-state index contributed by atoms with van der Waals surface area (Å²) in [5.74, 6) is -1.74. The zero-order valence-corrected chi connectivity index (χ0v) is 26.1. The van der Waals surface area contributed by atoms with Gasteiger partial charge < -0.3 is 10.6 Å². The van der Waals surface area contributed by atoms with Crippen LogP contribution in [-0.4, -0.2) is 45.1 Å². The van der Waals surface area contributed by atoms with Crippen molar-refractivity contribution >= 4 is 11.4 Å². The molecule has 15 heteroatoms. The molecule has 2 heterocycles. The monoisotopic (exact) mass is 672 g/mol. The molecule has 0 aliphatic carbocycles. The van der Waals surface area contributed by atoms with E-state index in [2.05, 4.69) is 0 Å². The largest absolute Gasteiger partial charge is 0.416 e. The number of aryl methyl sites for hydroxylation is 1. The molecule has 3 aromatic carbocycles. The molecule has 1 aliphatic heterocycles. The fraction of sp³-hybridized carbons (Fsp3) is 0.333. The third kappa shape index (κ3) is 7.31. The molecule has 0 spiro atoms. The Labute approximate surface area is 271 Å². The summed E-state index contributed by atoms with van der Waals surface area (Å²) in [6, 6.07) is 11.8. The van der Waals surface area contributed by atoms with Gasteiger partial charge in [0.1, 0.15) is 17.3 Å². The van der Waals surface area contributed by atoms with Gasteiger partial charge in [-0.05, 0) is 54.8 Å². The second-order valence-corrected chi connectivity index (χ2v) is 11.8. The molecule has 4 aromatic rings. The lowest BCUT2D eigenvalue weighted by atomic mass is 10.0. The standard InChI is InChI=1S/C33H33F5N6O4/c1-20-13-23(16-24(34)14-20)29(39)19-43-31(45)30(41-11-9-40(10-12-41)17-22-5-3-6-25(15-22)44(47)48)21(2)42(32(43)46)18-26-27(33(36,37)38)7-4-8-28(26)35/h3-8,13-16,29H,9-12,17-19,39H2,1-2H3/t29-/m1/s1. The van der Waals surface area contributed by atoms with Crippen LogP contribution in [-0.2, 0) is 25.8 Å². The molecule has 1 aliphatic rings. The topological polar surface area (TPSA) is 120 Å². The lowest BCUT2D eigenvalue weighted by molar-refractivity contribution is -0.384. The summed E-state index contributed by atoms with van der Waals surface area (Å²) in [7, 11) is 0. The van der Waals surface area contributed by atoms with E-state index in [0.29, 0.717) is 30.8 Å².